The van der Waals surface area contributed by atoms with Gasteiger partial charge in [0.2, 0.25) is 5.91 Å². The summed E-state index contributed by atoms with van der Waals surface area (Å²) in [5.41, 5.74) is 1.38. The summed E-state index contributed by atoms with van der Waals surface area (Å²) >= 11 is 0. The number of aromatic nitrogens is 2. The lowest BCUT2D eigenvalue weighted by molar-refractivity contribution is -0.124. The van der Waals surface area contributed by atoms with Crippen molar-refractivity contribution in [1.82, 2.24) is 9.78 Å². The second-order valence-corrected chi connectivity index (χ2v) is 10.7. The van der Waals surface area contributed by atoms with Gasteiger partial charge in [0.15, 0.2) is 5.82 Å². The molecule has 0 bridgehead atoms. The maximum absolute atomic E-state index is 13.8. The summed E-state index contributed by atoms with van der Waals surface area (Å²) in [7, 11) is 0. The summed E-state index contributed by atoms with van der Waals surface area (Å²) in [6, 6.07) is -0.0729. The quantitative estimate of drug-likeness (QED) is 0.694. The second-order valence-electron chi connectivity index (χ2n) is 10.7. The van der Waals surface area contributed by atoms with E-state index in [-0.39, 0.29) is 28.8 Å². The van der Waals surface area contributed by atoms with Crippen molar-refractivity contribution in [2.45, 2.75) is 84.6 Å². The zero-order valence-electron chi connectivity index (χ0n) is 19.7. The Hall–Kier alpha value is -2.15. The van der Waals surface area contributed by atoms with E-state index >= 15 is 0 Å². The fourth-order valence-corrected chi connectivity index (χ4v) is 5.22. The van der Waals surface area contributed by atoms with Crippen molar-refractivity contribution in [3.63, 3.8) is 0 Å². The molecule has 7 nitrogen and oxygen atoms in total. The summed E-state index contributed by atoms with van der Waals surface area (Å²) in [5.74, 6) is -0.110. The van der Waals surface area contributed by atoms with E-state index in [1.807, 2.05) is 0 Å². The van der Waals surface area contributed by atoms with Gasteiger partial charge < -0.3 is 9.84 Å². The molecule has 0 atom stereocenters. The van der Waals surface area contributed by atoms with Crippen LogP contribution in [0.5, 0.6) is 0 Å². The van der Waals surface area contributed by atoms with Gasteiger partial charge in [0.05, 0.1) is 0 Å². The summed E-state index contributed by atoms with van der Waals surface area (Å²) in [4.78, 5) is 27.7. The third-order valence-electron chi connectivity index (χ3n) is 7.55. The number of nitrogens with zero attached hydrogens (tertiary/aromatic N) is 3. The smallest absolute Gasteiger partial charge is 0.341 e. The number of carboxylic acids is 1. The SMILES string of the molecule is CC1CCC(C(=O)N(c2nn(C3=CCC(C)(C)CC3)cc2C(=O)O)C2CCOCC2)CC1. The van der Waals surface area contributed by atoms with E-state index in [9.17, 15) is 14.7 Å². The van der Waals surface area contributed by atoms with Crippen LogP contribution in [0.2, 0.25) is 0 Å². The molecule has 4 rings (SSSR count). The fourth-order valence-electron chi connectivity index (χ4n) is 5.22. The first-order valence-electron chi connectivity index (χ1n) is 12.2. The number of amides is 1. The average molecular weight is 444 g/mol. The number of hydrogen-bond acceptors (Lipinski definition) is 4. The molecule has 1 aliphatic heterocycles. The number of rotatable bonds is 5. The molecular formula is C25H37N3O4. The van der Waals surface area contributed by atoms with Crippen molar-refractivity contribution in [3.05, 3.63) is 17.8 Å². The molecule has 1 saturated carbocycles. The Labute approximate surface area is 190 Å². The van der Waals surface area contributed by atoms with Gasteiger partial charge in [-0.2, -0.15) is 0 Å². The molecule has 7 heteroatoms. The predicted octanol–water partition coefficient (Wildman–Crippen LogP) is 4.97. The zero-order chi connectivity index (χ0) is 22.9. The fraction of sp³-hybridized carbons (Fsp3) is 0.720. The first-order valence-corrected chi connectivity index (χ1v) is 12.2. The molecule has 0 radical (unpaired) electrons. The topological polar surface area (TPSA) is 84.7 Å². The van der Waals surface area contributed by atoms with Crippen molar-refractivity contribution in [2.24, 2.45) is 17.3 Å². The molecule has 1 amide bonds. The molecule has 3 aliphatic rings. The highest BCUT2D eigenvalue weighted by Gasteiger charge is 2.37. The standard InChI is InChI=1S/C25H37N3O4/c1-17-4-6-18(7-5-17)23(29)28(20-10-14-32-15-11-20)22-21(24(30)31)16-27(26-22)19-8-12-25(2,3)13-9-19/h8,16-18,20H,4-7,9-15H2,1-3H3,(H,30,31). The van der Waals surface area contributed by atoms with E-state index < -0.39 is 5.97 Å². The maximum atomic E-state index is 13.8. The minimum atomic E-state index is -1.04. The molecule has 0 unspecified atom stereocenters. The number of ether oxygens (including phenoxy) is 1. The van der Waals surface area contributed by atoms with Crippen LogP contribution in [-0.4, -0.2) is 46.0 Å². The van der Waals surface area contributed by atoms with Crippen molar-refractivity contribution >= 4 is 23.4 Å². The lowest BCUT2D eigenvalue weighted by Gasteiger charge is -2.37. The van der Waals surface area contributed by atoms with Crippen LogP contribution >= 0.6 is 0 Å². The number of carbonyl (C=O) groups excluding carboxylic acids is 1. The lowest BCUT2D eigenvalue weighted by atomic mass is 9.80. The van der Waals surface area contributed by atoms with Gasteiger partial charge in [-0.1, -0.05) is 26.8 Å². The number of anilines is 1. The molecular weight excluding hydrogens is 406 g/mol. The minimum Gasteiger partial charge on any atom is -0.477 e. The molecule has 1 N–H and O–H groups in total. The Kier molecular flexibility index (Phi) is 6.75. The molecule has 0 spiro atoms. The first-order chi connectivity index (χ1) is 15.2. The Morgan fingerprint density at radius 1 is 1.16 bits per heavy atom. The monoisotopic (exact) mass is 443 g/mol. The third kappa shape index (κ3) is 4.92. The molecule has 1 saturated heterocycles. The molecule has 2 fully saturated rings. The highest BCUT2D eigenvalue weighted by atomic mass is 16.5. The Morgan fingerprint density at radius 3 is 2.44 bits per heavy atom. The third-order valence-corrected chi connectivity index (χ3v) is 7.55. The molecule has 32 heavy (non-hydrogen) atoms. The number of carboxylic acid groups (broad SMARTS) is 1. The zero-order valence-corrected chi connectivity index (χ0v) is 19.7. The van der Waals surface area contributed by atoms with Crippen LogP contribution in [-0.2, 0) is 9.53 Å². The summed E-state index contributed by atoms with van der Waals surface area (Å²) < 4.78 is 7.24. The average Bonchev–Trinajstić information content (AvgIpc) is 3.20. The molecule has 1 aromatic rings. The van der Waals surface area contributed by atoms with Crippen LogP contribution in [0.15, 0.2) is 12.3 Å². The molecule has 1 aromatic heterocycles. The molecule has 0 aromatic carbocycles. The van der Waals surface area contributed by atoms with Gasteiger partial charge in [-0.3, -0.25) is 9.69 Å². The maximum Gasteiger partial charge on any atom is 0.341 e. The number of hydrogen-bond donors (Lipinski definition) is 1. The second kappa shape index (κ2) is 9.38. The predicted molar refractivity (Wildman–Crippen MR) is 124 cm³/mol. The van der Waals surface area contributed by atoms with E-state index in [1.54, 1.807) is 15.8 Å². The highest BCUT2D eigenvalue weighted by Crippen LogP contribution is 2.38. The largest absolute Gasteiger partial charge is 0.477 e. The van der Waals surface area contributed by atoms with E-state index in [0.717, 1.165) is 50.6 Å². The van der Waals surface area contributed by atoms with E-state index in [0.29, 0.717) is 37.8 Å². The van der Waals surface area contributed by atoms with Crippen LogP contribution in [0.1, 0.15) is 88.9 Å². The number of allylic oxidation sites excluding steroid dienone is 2. The Bertz CT molecular complexity index is 874. The molecule has 2 heterocycles. The summed E-state index contributed by atoms with van der Waals surface area (Å²) in [6.45, 7) is 7.89. The normalized spacial score (nSPS) is 26.4. The van der Waals surface area contributed by atoms with Crippen molar-refractivity contribution in [1.29, 1.82) is 0 Å². The summed E-state index contributed by atoms with van der Waals surface area (Å²) in [5, 5.41) is 14.7. The molecule has 2 aliphatic carbocycles. The first kappa shape index (κ1) is 23.0. The lowest BCUT2D eigenvalue weighted by Crippen LogP contribution is -2.47. The minimum absolute atomic E-state index is 0.0373. The van der Waals surface area contributed by atoms with Gasteiger partial charge in [-0.25, -0.2) is 9.48 Å². The van der Waals surface area contributed by atoms with Crippen LogP contribution in [0, 0.1) is 17.3 Å². The number of carbonyl (C=O) groups is 2. The molecule has 176 valence electrons. The van der Waals surface area contributed by atoms with Crippen molar-refractivity contribution in [2.75, 3.05) is 18.1 Å². The van der Waals surface area contributed by atoms with Gasteiger partial charge in [0.25, 0.3) is 0 Å². The Balaban J connectivity index is 1.69. The summed E-state index contributed by atoms with van der Waals surface area (Å²) in [6.07, 6.45) is 11.8. The van der Waals surface area contributed by atoms with E-state index in [1.165, 1.54) is 0 Å². The highest BCUT2D eigenvalue weighted by molar-refractivity contribution is 6.02. The number of aromatic carboxylic acids is 1. The van der Waals surface area contributed by atoms with Crippen LogP contribution in [0.4, 0.5) is 5.82 Å². The van der Waals surface area contributed by atoms with Crippen molar-refractivity contribution < 1.29 is 19.4 Å². The van der Waals surface area contributed by atoms with Crippen LogP contribution in [0.3, 0.4) is 0 Å². The van der Waals surface area contributed by atoms with Gasteiger partial charge in [0.1, 0.15) is 5.56 Å². The van der Waals surface area contributed by atoms with Gasteiger partial charge in [0, 0.05) is 37.1 Å². The van der Waals surface area contributed by atoms with Crippen molar-refractivity contribution in [3.8, 4) is 0 Å². The van der Waals surface area contributed by atoms with E-state index in [2.05, 4.69) is 26.8 Å². The van der Waals surface area contributed by atoms with Gasteiger partial charge in [-0.15, -0.1) is 5.10 Å². The van der Waals surface area contributed by atoms with Gasteiger partial charge >= 0.3 is 5.97 Å². The Morgan fingerprint density at radius 2 is 1.84 bits per heavy atom. The van der Waals surface area contributed by atoms with Crippen LogP contribution < -0.4 is 4.90 Å². The van der Waals surface area contributed by atoms with E-state index in [4.69, 9.17) is 9.84 Å². The van der Waals surface area contributed by atoms with Gasteiger partial charge in [-0.05, 0) is 69.1 Å². The van der Waals surface area contributed by atoms with Crippen LogP contribution in [0.25, 0.3) is 5.70 Å².